The second-order valence-corrected chi connectivity index (χ2v) is 9.03. The van der Waals surface area contributed by atoms with Gasteiger partial charge in [-0.25, -0.2) is 0 Å². The number of allylic oxidation sites excluding steroid dienone is 1. The van der Waals surface area contributed by atoms with E-state index in [-0.39, 0.29) is 11.0 Å². The Kier molecular flexibility index (Phi) is 3.73. The minimum atomic E-state index is -0.374. The normalized spacial score (nSPS) is 50.3. The van der Waals surface area contributed by atoms with Crippen LogP contribution in [0.15, 0.2) is 11.6 Å². The number of carbonyl (C=O) groups excluding carboxylic acids is 1. The highest BCUT2D eigenvalue weighted by Crippen LogP contribution is 2.66. The van der Waals surface area contributed by atoms with Crippen LogP contribution in [0.1, 0.15) is 58.8 Å². The van der Waals surface area contributed by atoms with Crippen LogP contribution in [0.2, 0.25) is 0 Å². The van der Waals surface area contributed by atoms with Crippen molar-refractivity contribution in [1.29, 1.82) is 0 Å². The Morgan fingerprint density at radius 2 is 2.08 bits per heavy atom. The number of ketones is 1. The maximum Gasteiger partial charge on any atom is 0.155 e. The maximum atomic E-state index is 11.9. The van der Waals surface area contributed by atoms with Gasteiger partial charge in [0, 0.05) is 18.9 Å². The van der Waals surface area contributed by atoms with Gasteiger partial charge in [-0.15, -0.1) is 6.42 Å². The maximum absolute atomic E-state index is 11.9. The van der Waals surface area contributed by atoms with Gasteiger partial charge in [-0.2, -0.15) is 0 Å². The molecule has 4 aliphatic rings. The van der Waals surface area contributed by atoms with E-state index in [1.165, 1.54) is 24.8 Å². The first kappa shape index (κ1) is 16.4. The van der Waals surface area contributed by atoms with Crippen LogP contribution in [-0.2, 0) is 9.53 Å². The van der Waals surface area contributed by atoms with Crippen LogP contribution in [0.4, 0.5) is 0 Å². The number of fused-ring (bicyclic) bond motifs is 5. The summed E-state index contributed by atoms with van der Waals surface area (Å²) < 4.78 is 5.96. The minimum absolute atomic E-state index is 0.109. The quantitative estimate of drug-likeness (QED) is 0.668. The first-order valence-corrected chi connectivity index (χ1v) is 9.72. The third kappa shape index (κ3) is 1.97. The van der Waals surface area contributed by atoms with E-state index in [0.717, 1.165) is 37.5 Å². The molecule has 7 atom stereocenters. The van der Waals surface area contributed by atoms with Gasteiger partial charge >= 0.3 is 0 Å². The van der Waals surface area contributed by atoms with E-state index in [1.54, 1.807) is 7.11 Å². The molecule has 0 saturated heterocycles. The Bertz CT molecular complexity index is 626. The van der Waals surface area contributed by atoms with Gasteiger partial charge in [0.15, 0.2) is 5.78 Å². The predicted molar refractivity (Wildman–Crippen MR) is 95.2 cm³/mol. The minimum Gasteiger partial charge on any atom is -0.365 e. The summed E-state index contributed by atoms with van der Waals surface area (Å²) in [6.45, 7) is 4.80. The molecule has 130 valence electrons. The molecule has 0 aromatic carbocycles. The fourth-order valence-electron chi connectivity index (χ4n) is 7.22. The molecule has 2 heteroatoms. The van der Waals surface area contributed by atoms with Gasteiger partial charge in [0.05, 0.1) is 0 Å². The third-order valence-electron chi connectivity index (χ3n) is 8.34. The van der Waals surface area contributed by atoms with Crippen LogP contribution in [0.3, 0.4) is 0 Å². The topological polar surface area (TPSA) is 26.3 Å². The first-order valence-electron chi connectivity index (χ1n) is 9.72. The van der Waals surface area contributed by atoms with Crippen LogP contribution in [0.25, 0.3) is 0 Å². The number of hydrogen-bond acceptors (Lipinski definition) is 2. The molecule has 3 saturated carbocycles. The summed E-state index contributed by atoms with van der Waals surface area (Å²) in [6, 6.07) is 0. The highest BCUT2D eigenvalue weighted by atomic mass is 16.5. The molecule has 3 fully saturated rings. The number of rotatable bonds is 1. The van der Waals surface area contributed by atoms with Gasteiger partial charge in [0.25, 0.3) is 0 Å². The molecule has 0 aromatic rings. The molecule has 4 rings (SSSR count). The van der Waals surface area contributed by atoms with Crippen molar-refractivity contribution in [3.63, 3.8) is 0 Å². The van der Waals surface area contributed by atoms with Gasteiger partial charge in [-0.3, -0.25) is 4.79 Å². The molecule has 0 radical (unpaired) electrons. The average Bonchev–Trinajstić information content (AvgIpc) is 2.87. The fourth-order valence-corrected chi connectivity index (χ4v) is 7.22. The molecule has 0 aromatic heterocycles. The van der Waals surface area contributed by atoms with Crippen molar-refractivity contribution >= 4 is 5.78 Å². The highest BCUT2D eigenvalue weighted by Gasteiger charge is 2.63. The molecular formula is C22H30O2. The van der Waals surface area contributed by atoms with Crippen LogP contribution in [-0.4, -0.2) is 18.5 Å². The lowest BCUT2D eigenvalue weighted by Crippen LogP contribution is -2.54. The molecular weight excluding hydrogens is 296 g/mol. The Hall–Kier alpha value is -1.07. The summed E-state index contributed by atoms with van der Waals surface area (Å²) in [5.41, 5.74) is 1.19. The van der Waals surface area contributed by atoms with E-state index >= 15 is 0 Å². The Balaban J connectivity index is 1.70. The second kappa shape index (κ2) is 5.46. The summed E-state index contributed by atoms with van der Waals surface area (Å²) in [6.07, 6.45) is 15.5. The number of methoxy groups -OCH3 is 1. The van der Waals surface area contributed by atoms with Crippen molar-refractivity contribution in [3.05, 3.63) is 11.6 Å². The smallest absolute Gasteiger partial charge is 0.155 e. The highest BCUT2D eigenvalue weighted by molar-refractivity contribution is 5.91. The van der Waals surface area contributed by atoms with Gasteiger partial charge in [0.2, 0.25) is 0 Å². The van der Waals surface area contributed by atoms with E-state index in [9.17, 15) is 4.79 Å². The molecule has 24 heavy (non-hydrogen) atoms. The van der Waals surface area contributed by atoms with Crippen molar-refractivity contribution in [1.82, 2.24) is 0 Å². The predicted octanol–water partition coefficient (Wildman–Crippen LogP) is 4.39. The van der Waals surface area contributed by atoms with Gasteiger partial charge < -0.3 is 4.74 Å². The van der Waals surface area contributed by atoms with Crippen LogP contribution >= 0.6 is 0 Å². The molecule has 2 nitrogen and oxygen atoms in total. The summed E-state index contributed by atoms with van der Waals surface area (Å²) >= 11 is 0. The zero-order valence-corrected chi connectivity index (χ0v) is 15.3. The van der Waals surface area contributed by atoms with Gasteiger partial charge in [0.1, 0.15) is 5.60 Å². The van der Waals surface area contributed by atoms with E-state index in [4.69, 9.17) is 11.2 Å². The lowest BCUT2D eigenvalue weighted by Gasteiger charge is -2.57. The van der Waals surface area contributed by atoms with Gasteiger partial charge in [-0.05, 0) is 74.2 Å². The van der Waals surface area contributed by atoms with Crippen molar-refractivity contribution in [2.75, 3.05) is 7.11 Å². The monoisotopic (exact) mass is 326 g/mol. The van der Waals surface area contributed by atoms with Crippen LogP contribution < -0.4 is 0 Å². The third-order valence-corrected chi connectivity index (χ3v) is 8.34. The molecule has 0 spiro atoms. The zero-order chi connectivity index (χ0) is 17.1. The van der Waals surface area contributed by atoms with E-state index in [0.29, 0.717) is 23.5 Å². The SMILES string of the molecule is C#C[C@]1(OC)CC[C@H]2[C@H]3[C@H](CC[C@@]21C)[C@H]1CCC(=O)C=C1C[C@H]3C. The second-order valence-electron chi connectivity index (χ2n) is 9.03. The van der Waals surface area contributed by atoms with Crippen LogP contribution in [0, 0.1) is 47.3 Å². The van der Waals surface area contributed by atoms with E-state index < -0.39 is 0 Å². The largest absolute Gasteiger partial charge is 0.365 e. The van der Waals surface area contributed by atoms with E-state index in [2.05, 4.69) is 19.8 Å². The fraction of sp³-hybridized carbons (Fsp3) is 0.773. The molecule has 0 aliphatic heterocycles. The van der Waals surface area contributed by atoms with Gasteiger partial charge in [-0.1, -0.05) is 25.3 Å². The standard InChI is InChI=1S/C22H30O2/c1-5-22(24-4)11-9-19-20-14(2)12-15-13-16(23)6-7-17(15)18(20)8-10-21(19,22)3/h1,13-14,17-20H,6-12H2,2-4H3/t14-,17+,18-,19+,20-,21+,22+/m1/s1. The summed E-state index contributed by atoms with van der Waals surface area (Å²) in [5.74, 6) is 6.86. The molecule has 0 amide bonds. The summed E-state index contributed by atoms with van der Waals surface area (Å²) in [4.78, 5) is 11.9. The van der Waals surface area contributed by atoms with Crippen molar-refractivity contribution in [2.45, 2.75) is 64.4 Å². The first-order chi connectivity index (χ1) is 11.5. The van der Waals surface area contributed by atoms with E-state index in [1.807, 2.05) is 6.08 Å². The Labute approximate surface area is 146 Å². The van der Waals surface area contributed by atoms with Crippen molar-refractivity contribution < 1.29 is 9.53 Å². The zero-order valence-electron chi connectivity index (χ0n) is 15.3. The Morgan fingerprint density at radius 1 is 1.29 bits per heavy atom. The lowest BCUT2D eigenvalue weighted by atomic mass is 9.48. The van der Waals surface area contributed by atoms with Crippen molar-refractivity contribution in [3.8, 4) is 12.3 Å². The summed E-state index contributed by atoms with van der Waals surface area (Å²) in [5, 5.41) is 0. The Morgan fingerprint density at radius 3 is 2.79 bits per heavy atom. The van der Waals surface area contributed by atoms with Crippen molar-refractivity contribution in [2.24, 2.45) is 35.0 Å². The summed E-state index contributed by atoms with van der Waals surface area (Å²) in [7, 11) is 1.80. The number of ether oxygens (including phenoxy) is 1. The molecule has 0 bridgehead atoms. The van der Waals surface area contributed by atoms with Crippen LogP contribution in [0.5, 0.6) is 0 Å². The molecule has 0 N–H and O–H groups in total. The number of hydrogen-bond donors (Lipinski definition) is 0. The molecule has 0 unspecified atom stereocenters. The number of terminal acetylenes is 1. The molecule has 4 aliphatic carbocycles. The molecule has 0 heterocycles. The lowest BCUT2D eigenvalue weighted by molar-refractivity contribution is -0.120. The average molecular weight is 326 g/mol. The number of carbonyl (C=O) groups is 1.